The fraction of sp³-hybridized carbons (Fsp3) is 0.158. The predicted octanol–water partition coefficient (Wildman–Crippen LogP) is 4.19. The van der Waals surface area contributed by atoms with Crippen molar-refractivity contribution in [1.29, 1.82) is 0 Å². The molecule has 0 radical (unpaired) electrons. The molecule has 0 saturated carbocycles. The minimum absolute atomic E-state index is 0.221. The number of para-hydroxylation sites is 1. The second-order valence-corrected chi connectivity index (χ2v) is 5.21. The van der Waals surface area contributed by atoms with E-state index in [4.69, 9.17) is 9.15 Å². The Hall–Kier alpha value is -3.08. The van der Waals surface area contributed by atoms with Crippen molar-refractivity contribution < 1.29 is 13.9 Å². The molecule has 0 spiro atoms. The lowest BCUT2D eigenvalue weighted by Gasteiger charge is -2.06. The van der Waals surface area contributed by atoms with Crippen LogP contribution in [0.4, 0.5) is 5.69 Å². The molecule has 0 saturated heterocycles. The highest BCUT2D eigenvalue weighted by Gasteiger charge is 2.05. The summed E-state index contributed by atoms with van der Waals surface area (Å²) in [7, 11) is 0. The summed E-state index contributed by atoms with van der Waals surface area (Å²) in [6.45, 7) is 4.29. The van der Waals surface area contributed by atoms with Gasteiger partial charge in [0.25, 0.3) is 0 Å². The number of benzene rings is 2. The van der Waals surface area contributed by atoms with Gasteiger partial charge in [-0.1, -0.05) is 18.2 Å². The monoisotopic (exact) mass is 322 g/mol. The number of amides is 1. The van der Waals surface area contributed by atoms with Crippen LogP contribution < -0.4 is 10.1 Å². The summed E-state index contributed by atoms with van der Waals surface area (Å²) in [5.74, 6) is 1.13. The third-order valence-electron chi connectivity index (χ3n) is 3.40. The number of nitrogens with one attached hydrogen (secondary N) is 1. The van der Waals surface area contributed by atoms with E-state index in [2.05, 4.69) is 10.3 Å². The van der Waals surface area contributed by atoms with E-state index in [0.717, 1.165) is 16.8 Å². The highest BCUT2D eigenvalue weighted by atomic mass is 16.5. The van der Waals surface area contributed by atoms with Gasteiger partial charge in [-0.25, -0.2) is 4.98 Å². The van der Waals surface area contributed by atoms with E-state index in [-0.39, 0.29) is 5.91 Å². The molecule has 122 valence electrons. The van der Waals surface area contributed by atoms with Crippen molar-refractivity contribution in [2.75, 3.05) is 11.9 Å². The Labute approximate surface area is 140 Å². The third kappa shape index (κ3) is 3.63. The minimum Gasteiger partial charge on any atom is -0.493 e. The number of ether oxygens (including phenoxy) is 1. The largest absolute Gasteiger partial charge is 0.493 e. The number of fused-ring (bicyclic) bond motifs is 1. The number of hydrogen-bond donors (Lipinski definition) is 1. The average Bonchev–Trinajstić information content (AvgIpc) is 2.93. The number of oxazole rings is 1. The fourth-order valence-corrected chi connectivity index (χ4v) is 2.37. The zero-order chi connectivity index (χ0) is 16.9. The maximum absolute atomic E-state index is 12.1. The highest BCUT2D eigenvalue weighted by molar-refractivity contribution is 6.02. The van der Waals surface area contributed by atoms with Gasteiger partial charge in [0.15, 0.2) is 11.5 Å². The number of nitrogens with zero attached hydrogens (tertiary/aromatic N) is 1. The Kier molecular flexibility index (Phi) is 4.61. The van der Waals surface area contributed by atoms with E-state index in [0.29, 0.717) is 23.8 Å². The van der Waals surface area contributed by atoms with Gasteiger partial charge >= 0.3 is 0 Å². The van der Waals surface area contributed by atoms with Gasteiger partial charge in [0.05, 0.1) is 6.61 Å². The summed E-state index contributed by atoms with van der Waals surface area (Å²) < 4.78 is 11.0. The molecule has 24 heavy (non-hydrogen) atoms. The number of carbonyl (C=O) groups excluding carboxylic acids is 1. The quantitative estimate of drug-likeness (QED) is 0.715. The van der Waals surface area contributed by atoms with Crippen LogP contribution in [0.15, 0.2) is 53.0 Å². The van der Waals surface area contributed by atoms with Crippen LogP contribution in [0.2, 0.25) is 0 Å². The standard InChI is InChI=1S/C19H18N2O3/c1-3-23-17-7-5-4-6-14(17)8-11-19(22)21-15-9-10-18-16(12-15)20-13(2)24-18/h4-12H,3H2,1-2H3,(H,21,22)/b11-8+. The van der Waals surface area contributed by atoms with Crippen molar-refractivity contribution in [2.24, 2.45) is 0 Å². The van der Waals surface area contributed by atoms with Crippen molar-refractivity contribution >= 4 is 28.8 Å². The number of aryl methyl sites for hydroxylation is 1. The number of hydrogen-bond acceptors (Lipinski definition) is 4. The summed E-state index contributed by atoms with van der Waals surface area (Å²) in [6, 6.07) is 12.9. The van der Waals surface area contributed by atoms with Gasteiger partial charge < -0.3 is 14.5 Å². The molecule has 5 nitrogen and oxygen atoms in total. The molecule has 1 heterocycles. The second kappa shape index (κ2) is 7.00. The van der Waals surface area contributed by atoms with Crippen molar-refractivity contribution in [3.8, 4) is 5.75 Å². The Morgan fingerprint density at radius 2 is 2.12 bits per heavy atom. The van der Waals surface area contributed by atoms with Gasteiger partial charge in [0.2, 0.25) is 5.91 Å². The van der Waals surface area contributed by atoms with Crippen LogP contribution in [0.25, 0.3) is 17.2 Å². The normalized spacial score (nSPS) is 11.1. The van der Waals surface area contributed by atoms with Crippen LogP contribution >= 0.6 is 0 Å². The van der Waals surface area contributed by atoms with Gasteiger partial charge in [-0.3, -0.25) is 4.79 Å². The van der Waals surface area contributed by atoms with E-state index >= 15 is 0 Å². The summed E-state index contributed by atoms with van der Waals surface area (Å²) in [4.78, 5) is 16.4. The maximum Gasteiger partial charge on any atom is 0.248 e. The SMILES string of the molecule is CCOc1ccccc1/C=C/C(=O)Nc1ccc2oc(C)nc2c1. The van der Waals surface area contributed by atoms with Crippen molar-refractivity contribution in [1.82, 2.24) is 4.98 Å². The Morgan fingerprint density at radius 1 is 1.29 bits per heavy atom. The molecule has 0 bridgehead atoms. The molecule has 0 atom stereocenters. The zero-order valence-electron chi connectivity index (χ0n) is 13.6. The lowest BCUT2D eigenvalue weighted by molar-refractivity contribution is -0.111. The molecular formula is C19H18N2O3. The summed E-state index contributed by atoms with van der Waals surface area (Å²) in [5.41, 5.74) is 2.95. The van der Waals surface area contributed by atoms with Crippen molar-refractivity contribution in [3.05, 3.63) is 60.0 Å². The summed E-state index contributed by atoms with van der Waals surface area (Å²) >= 11 is 0. The van der Waals surface area contributed by atoms with Gasteiger partial charge in [-0.05, 0) is 37.3 Å². The minimum atomic E-state index is -0.221. The smallest absolute Gasteiger partial charge is 0.248 e. The molecule has 0 aliphatic carbocycles. The van der Waals surface area contributed by atoms with E-state index in [1.165, 1.54) is 6.08 Å². The van der Waals surface area contributed by atoms with Gasteiger partial charge in [0.1, 0.15) is 11.3 Å². The molecule has 3 rings (SSSR count). The first-order valence-electron chi connectivity index (χ1n) is 7.74. The number of carbonyl (C=O) groups is 1. The molecule has 0 fully saturated rings. The molecule has 0 aliphatic heterocycles. The van der Waals surface area contributed by atoms with Crippen LogP contribution in [0.5, 0.6) is 5.75 Å². The first-order valence-corrected chi connectivity index (χ1v) is 7.74. The van der Waals surface area contributed by atoms with Crippen molar-refractivity contribution in [3.63, 3.8) is 0 Å². The van der Waals surface area contributed by atoms with Crippen LogP contribution in [-0.4, -0.2) is 17.5 Å². The number of aromatic nitrogens is 1. The molecule has 0 unspecified atom stereocenters. The lowest BCUT2D eigenvalue weighted by atomic mass is 10.2. The van der Waals surface area contributed by atoms with E-state index in [1.54, 1.807) is 31.2 Å². The van der Waals surface area contributed by atoms with Crippen molar-refractivity contribution in [2.45, 2.75) is 13.8 Å². The molecular weight excluding hydrogens is 304 g/mol. The van der Waals surface area contributed by atoms with Crippen LogP contribution in [-0.2, 0) is 4.79 Å². The lowest BCUT2D eigenvalue weighted by Crippen LogP contribution is -2.07. The van der Waals surface area contributed by atoms with Gasteiger partial charge in [0, 0.05) is 24.3 Å². The summed E-state index contributed by atoms with van der Waals surface area (Å²) in [5, 5.41) is 2.82. The average molecular weight is 322 g/mol. The Morgan fingerprint density at radius 3 is 2.96 bits per heavy atom. The highest BCUT2D eigenvalue weighted by Crippen LogP contribution is 2.21. The Bertz CT molecular complexity index is 897. The molecule has 0 aliphatic rings. The van der Waals surface area contributed by atoms with E-state index in [1.807, 2.05) is 31.2 Å². The molecule has 1 aromatic heterocycles. The topological polar surface area (TPSA) is 64.4 Å². The van der Waals surface area contributed by atoms with E-state index in [9.17, 15) is 4.79 Å². The predicted molar refractivity (Wildman–Crippen MR) is 94.0 cm³/mol. The molecule has 1 N–H and O–H groups in total. The van der Waals surface area contributed by atoms with Crippen LogP contribution in [0.1, 0.15) is 18.4 Å². The van der Waals surface area contributed by atoms with Gasteiger partial charge in [-0.2, -0.15) is 0 Å². The first-order chi connectivity index (χ1) is 11.7. The molecule has 5 heteroatoms. The summed E-state index contributed by atoms with van der Waals surface area (Å²) in [6.07, 6.45) is 3.22. The number of anilines is 1. The first kappa shape index (κ1) is 15.8. The van der Waals surface area contributed by atoms with E-state index < -0.39 is 0 Å². The maximum atomic E-state index is 12.1. The Balaban J connectivity index is 1.72. The molecule has 3 aromatic rings. The second-order valence-electron chi connectivity index (χ2n) is 5.21. The van der Waals surface area contributed by atoms with Crippen LogP contribution in [0.3, 0.4) is 0 Å². The fourth-order valence-electron chi connectivity index (χ4n) is 2.37. The molecule has 1 amide bonds. The third-order valence-corrected chi connectivity index (χ3v) is 3.40. The van der Waals surface area contributed by atoms with Crippen LogP contribution in [0, 0.1) is 6.92 Å². The van der Waals surface area contributed by atoms with Gasteiger partial charge in [-0.15, -0.1) is 0 Å². The molecule has 2 aromatic carbocycles. The zero-order valence-corrected chi connectivity index (χ0v) is 13.6. The number of rotatable bonds is 5.